The van der Waals surface area contributed by atoms with Crippen molar-refractivity contribution in [1.29, 1.82) is 0 Å². The average molecular weight is 258 g/mol. The van der Waals surface area contributed by atoms with Crippen molar-refractivity contribution in [3.05, 3.63) is 29.7 Å². The van der Waals surface area contributed by atoms with E-state index in [1.807, 2.05) is 18.2 Å². The van der Waals surface area contributed by atoms with E-state index in [2.05, 4.69) is 10.1 Å². The third kappa shape index (κ3) is 2.00. The molecule has 6 nitrogen and oxygen atoms in total. The molecule has 0 bridgehead atoms. The Balaban J connectivity index is 1.99. The molecule has 6 heteroatoms. The Morgan fingerprint density at radius 3 is 3.00 bits per heavy atom. The van der Waals surface area contributed by atoms with Crippen LogP contribution in [0, 0.1) is 0 Å². The number of aryl methyl sites for hydroxylation is 1. The zero-order valence-corrected chi connectivity index (χ0v) is 10.6. The Morgan fingerprint density at radius 1 is 1.42 bits per heavy atom. The lowest BCUT2D eigenvalue weighted by Crippen LogP contribution is -2.30. The average Bonchev–Trinajstić information content (AvgIpc) is 2.91. The molecule has 1 aromatic heterocycles. The fourth-order valence-corrected chi connectivity index (χ4v) is 2.25. The summed E-state index contributed by atoms with van der Waals surface area (Å²) in [5, 5.41) is 3.89. The lowest BCUT2D eigenvalue weighted by Gasteiger charge is -2.25. The predicted octanol–water partition coefficient (Wildman–Crippen LogP) is 1.10. The number of carbonyl (C=O) groups is 1. The van der Waals surface area contributed by atoms with E-state index in [1.54, 1.807) is 11.9 Å². The highest BCUT2D eigenvalue weighted by molar-refractivity contribution is 5.96. The molecular weight excluding hydrogens is 244 g/mol. The van der Waals surface area contributed by atoms with Crippen LogP contribution in [0.4, 0.5) is 5.69 Å². The standard InChI is InChI=1S/C13H14N4O2/c1-17-10-4-2-9(6-8(10)3-5-12(17)18)13-15-11(7-14)19-16-13/h2,4,6H,3,5,7,14H2,1H3. The summed E-state index contributed by atoms with van der Waals surface area (Å²) in [6, 6.07) is 5.81. The number of amides is 1. The van der Waals surface area contributed by atoms with Crippen LogP contribution in [0.15, 0.2) is 22.7 Å². The van der Waals surface area contributed by atoms with Gasteiger partial charge in [0.2, 0.25) is 17.6 Å². The fraction of sp³-hybridized carbons (Fsp3) is 0.308. The van der Waals surface area contributed by atoms with Gasteiger partial charge in [0.15, 0.2) is 0 Å². The van der Waals surface area contributed by atoms with Crippen LogP contribution in [-0.2, 0) is 17.8 Å². The molecule has 1 aliphatic rings. The van der Waals surface area contributed by atoms with E-state index in [9.17, 15) is 4.79 Å². The number of aromatic nitrogens is 2. The molecule has 0 spiro atoms. The number of hydrogen-bond donors (Lipinski definition) is 1. The summed E-state index contributed by atoms with van der Waals surface area (Å²) in [6.45, 7) is 0.231. The summed E-state index contributed by atoms with van der Waals surface area (Å²) in [5.74, 6) is 1.09. The Kier molecular flexibility index (Phi) is 2.79. The van der Waals surface area contributed by atoms with Gasteiger partial charge in [-0.05, 0) is 30.2 Å². The van der Waals surface area contributed by atoms with Gasteiger partial charge in [0.1, 0.15) is 0 Å². The number of anilines is 1. The van der Waals surface area contributed by atoms with E-state index < -0.39 is 0 Å². The van der Waals surface area contributed by atoms with Crippen molar-refractivity contribution in [1.82, 2.24) is 10.1 Å². The van der Waals surface area contributed by atoms with Gasteiger partial charge in [0.05, 0.1) is 6.54 Å². The van der Waals surface area contributed by atoms with Crippen LogP contribution in [-0.4, -0.2) is 23.1 Å². The van der Waals surface area contributed by atoms with Gasteiger partial charge in [-0.15, -0.1) is 0 Å². The minimum Gasteiger partial charge on any atom is -0.338 e. The van der Waals surface area contributed by atoms with E-state index in [-0.39, 0.29) is 12.5 Å². The van der Waals surface area contributed by atoms with Crippen molar-refractivity contribution in [2.45, 2.75) is 19.4 Å². The summed E-state index contributed by atoms with van der Waals surface area (Å²) < 4.78 is 5.00. The van der Waals surface area contributed by atoms with Crippen LogP contribution in [0.25, 0.3) is 11.4 Å². The first-order valence-electron chi connectivity index (χ1n) is 6.11. The summed E-state index contributed by atoms with van der Waals surface area (Å²) in [4.78, 5) is 17.5. The van der Waals surface area contributed by atoms with Crippen molar-refractivity contribution >= 4 is 11.6 Å². The van der Waals surface area contributed by atoms with E-state index in [4.69, 9.17) is 10.3 Å². The Bertz CT molecular complexity index is 635. The maximum absolute atomic E-state index is 11.6. The molecule has 2 heterocycles. The quantitative estimate of drug-likeness (QED) is 0.872. The molecule has 0 saturated carbocycles. The van der Waals surface area contributed by atoms with Crippen LogP contribution in [0.3, 0.4) is 0 Å². The van der Waals surface area contributed by atoms with Crippen LogP contribution in [0.2, 0.25) is 0 Å². The molecule has 0 fully saturated rings. The number of rotatable bonds is 2. The van der Waals surface area contributed by atoms with Gasteiger partial charge in [0.25, 0.3) is 0 Å². The summed E-state index contributed by atoms with van der Waals surface area (Å²) in [5.41, 5.74) is 8.40. The normalized spacial score (nSPS) is 14.6. The molecule has 3 rings (SSSR count). The number of nitrogens with zero attached hydrogens (tertiary/aromatic N) is 3. The molecule has 19 heavy (non-hydrogen) atoms. The lowest BCUT2D eigenvalue weighted by molar-refractivity contribution is -0.118. The van der Waals surface area contributed by atoms with Crippen molar-refractivity contribution in [2.75, 3.05) is 11.9 Å². The zero-order chi connectivity index (χ0) is 13.4. The monoisotopic (exact) mass is 258 g/mol. The molecule has 1 aliphatic heterocycles. The van der Waals surface area contributed by atoms with E-state index >= 15 is 0 Å². The first-order valence-corrected chi connectivity index (χ1v) is 6.11. The van der Waals surface area contributed by atoms with Gasteiger partial charge in [-0.25, -0.2) is 0 Å². The topological polar surface area (TPSA) is 85.2 Å². The molecule has 0 saturated heterocycles. The van der Waals surface area contributed by atoms with Gasteiger partial charge in [0, 0.05) is 24.7 Å². The summed E-state index contributed by atoms with van der Waals surface area (Å²) >= 11 is 0. The minimum absolute atomic E-state index is 0.144. The highest BCUT2D eigenvalue weighted by Crippen LogP contribution is 2.30. The van der Waals surface area contributed by atoms with Crippen LogP contribution < -0.4 is 10.6 Å². The van der Waals surface area contributed by atoms with Crippen molar-refractivity contribution in [3.8, 4) is 11.4 Å². The SMILES string of the molecule is CN1C(=O)CCc2cc(-c3noc(CN)n3)ccc21. The summed E-state index contributed by atoms with van der Waals surface area (Å²) in [7, 11) is 1.79. The van der Waals surface area contributed by atoms with E-state index in [0.717, 1.165) is 23.2 Å². The van der Waals surface area contributed by atoms with Gasteiger partial charge in [-0.2, -0.15) is 4.98 Å². The maximum atomic E-state index is 11.6. The van der Waals surface area contributed by atoms with E-state index in [1.165, 1.54) is 0 Å². The Labute approximate surface area is 110 Å². The third-order valence-corrected chi connectivity index (χ3v) is 3.32. The number of nitrogens with two attached hydrogens (primary N) is 1. The molecule has 98 valence electrons. The van der Waals surface area contributed by atoms with Crippen LogP contribution in [0.5, 0.6) is 0 Å². The molecule has 0 radical (unpaired) electrons. The number of benzene rings is 1. The second-order valence-corrected chi connectivity index (χ2v) is 4.51. The highest BCUT2D eigenvalue weighted by Gasteiger charge is 2.21. The van der Waals surface area contributed by atoms with Crippen LogP contribution >= 0.6 is 0 Å². The highest BCUT2D eigenvalue weighted by atomic mass is 16.5. The summed E-state index contributed by atoms with van der Waals surface area (Å²) in [6.07, 6.45) is 1.28. The zero-order valence-electron chi connectivity index (χ0n) is 10.6. The second kappa shape index (κ2) is 4.47. The molecule has 0 unspecified atom stereocenters. The molecule has 2 N–H and O–H groups in total. The number of carbonyl (C=O) groups excluding carboxylic acids is 1. The van der Waals surface area contributed by atoms with Gasteiger partial charge in [-0.3, -0.25) is 4.79 Å². The third-order valence-electron chi connectivity index (χ3n) is 3.32. The van der Waals surface area contributed by atoms with Gasteiger partial charge in [-0.1, -0.05) is 5.16 Å². The molecule has 1 amide bonds. The van der Waals surface area contributed by atoms with Gasteiger partial charge >= 0.3 is 0 Å². The first kappa shape index (κ1) is 11.9. The van der Waals surface area contributed by atoms with Crippen molar-refractivity contribution in [2.24, 2.45) is 5.73 Å². The minimum atomic E-state index is 0.144. The second-order valence-electron chi connectivity index (χ2n) is 4.51. The van der Waals surface area contributed by atoms with Gasteiger partial charge < -0.3 is 15.2 Å². The fourth-order valence-electron chi connectivity index (χ4n) is 2.25. The molecule has 2 aromatic rings. The van der Waals surface area contributed by atoms with E-state index in [0.29, 0.717) is 18.1 Å². The van der Waals surface area contributed by atoms with Crippen molar-refractivity contribution in [3.63, 3.8) is 0 Å². The molecule has 0 atom stereocenters. The lowest BCUT2D eigenvalue weighted by atomic mass is 9.99. The number of hydrogen-bond acceptors (Lipinski definition) is 5. The molecular formula is C13H14N4O2. The Morgan fingerprint density at radius 2 is 2.26 bits per heavy atom. The largest absolute Gasteiger partial charge is 0.338 e. The first-order chi connectivity index (χ1) is 9.19. The number of fused-ring (bicyclic) bond motifs is 1. The molecule has 1 aromatic carbocycles. The molecule has 0 aliphatic carbocycles. The maximum Gasteiger partial charge on any atom is 0.240 e. The Hall–Kier alpha value is -2.21. The predicted molar refractivity (Wildman–Crippen MR) is 69.4 cm³/mol. The van der Waals surface area contributed by atoms with Crippen molar-refractivity contribution < 1.29 is 9.32 Å². The van der Waals surface area contributed by atoms with Crippen LogP contribution in [0.1, 0.15) is 17.9 Å². The smallest absolute Gasteiger partial charge is 0.240 e.